The lowest BCUT2D eigenvalue weighted by Crippen LogP contribution is -2.38. The molecule has 0 N–H and O–H groups in total. The van der Waals surface area contributed by atoms with Crippen LogP contribution in [-0.2, 0) is 10.0 Å². The van der Waals surface area contributed by atoms with Crippen molar-refractivity contribution in [2.75, 3.05) is 6.54 Å². The fraction of sp³-hybridized carbons (Fsp3) is 0.467. The highest BCUT2D eigenvalue weighted by Gasteiger charge is 2.37. The van der Waals surface area contributed by atoms with Crippen LogP contribution in [0.3, 0.4) is 0 Å². The van der Waals surface area contributed by atoms with Crippen molar-refractivity contribution in [3.8, 4) is 0 Å². The number of hydrogen-bond acceptors (Lipinski definition) is 2. The third-order valence-electron chi connectivity index (χ3n) is 3.85. The fourth-order valence-electron chi connectivity index (χ4n) is 2.59. The van der Waals surface area contributed by atoms with Crippen LogP contribution in [0.25, 0.3) is 0 Å². The number of rotatable bonds is 4. The molecule has 19 heavy (non-hydrogen) atoms. The molecule has 1 aromatic carbocycles. The first-order chi connectivity index (χ1) is 8.96. The van der Waals surface area contributed by atoms with Crippen LogP contribution in [0.4, 0.5) is 0 Å². The summed E-state index contributed by atoms with van der Waals surface area (Å²) in [6.07, 6.45) is 3.68. The Labute approximate surface area is 116 Å². The third kappa shape index (κ3) is 2.74. The van der Waals surface area contributed by atoms with Crippen molar-refractivity contribution >= 4 is 10.0 Å². The monoisotopic (exact) mass is 279 g/mol. The molecule has 0 unspecified atom stereocenters. The molecular weight excluding hydrogens is 258 g/mol. The van der Waals surface area contributed by atoms with Crippen LogP contribution in [0.1, 0.15) is 25.3 Å². The Bertz CT molecular complexity index is 548. The molecule has 104 valence electrons. The summed E-state index contributed by atoms with van der Waals surface area (Å²) < 4.78 is 27.0. The molecule has 0 radical (unpaired) electrons. The minimum absolute atomic E-state index is 0.0452. The SMILES string of the molecule is C=C[C@@H](C)[C@@H]1CCCN1S(=O)(=O)c1ccc(C)cc1. The van der Waals surface area contributed by atoms with Crippen molar-refractivity contribution < 1.29 is 8.42 Å². The molecule has 0 bridgehead atoms. The van der Waals surface area contributed by atoms with E-state index >= 15 is 0 Å². The van der Waals surface area contributed by atoms with Crippen LogP contribution >= 0.6 is 0 Å². The topological polar surface area (TPSA) is 37.4 Å². The van der Waals surface area contributed by atoms with Gasteiger partial charge in [-0.1, -0.05) is 30.7 Å². The average molecular weight is 279 g/mol. The lowest BCUT2D eigenvalue weighted by molar-refractivity contribution is 0.336. The highest BCUT2D eigenvalue weighted by Crippen LogP contribution is 2.30. The zero-order chi connectivity index (χ0) is 14.0. The van der Waals surface area contributed by atoms with Gasteiger partial charge in [0.05, 0.1) is 4.90 Å². The highest BCUT2D eigenvalue weighted by atomic mass is 32.2. The van der Waals surface area contributed by atoms with E-state index in [4.69, 9.17) is 0 Å². The van der Waals surface area contributed by atoms with E-state index in [0.29, 0.717) is 11.4 Å². The number of benzene rings is 1. The Balaban J connectivity index is 2.33. The van der Waals surface area contributed by atoms with Gasteiger partial charge in [0.2, 0.25) is 10.0 Å². The summed E-state index contributed by atoms with van der Waals surface area (Å²) >= 11 is 0. The quantitative estimate of drug-likeness (QED) is 0.795. The van der Waals surface area contributed by atoms with Gasteiger partial charge in [0.15, 0.2) is 0 Å². The fourth-order valence-corrected chi connectivity index (χ4v) is 4.37. The molecule has 1 heterocycles. The standard InChI is InChI=1S/C15H21NO2S/c1-4-13(3)15-6-5-11-16(15)19(17,18)14-9-7-12(2)8-10-14/h4,7-10,13,15H,1,5-6,11H2,2-3H3/t13-,15+/m1/s1. The van der Waals surface area contributed by atoms with Crippen molar-refractivity contribution in [1.29, 1.82) is 0 Å². The van der Waals surface area contributed by atoms with Gasteiger partial charge in [0.1, 0.15) is 0 Å². The zero-order valence-electron chi connectivity index (χ0n) is 11.5. The van der Waals surface area contributed by atoms with Gasteiger partial charge in [0, 0.05) is 12.6 Å². The predicted octanol–water partition coefficient (Wildman–Crippen LogP) is 2.97. The van der Waals surface area contributed by atoms with Crippen LogP contribution in [0.2, 0.25) is 0 Å². The Morgan fingerprint density at radius 2 is 2.00 bits per heavy atom. The summed E-state index contributed by atoms with van der Waals surface area (Å²) in [5, 5.41) is 0. The molecule has 1 aromatic rings. The maximum Gasteiger partial charge on any atom is 0.243 e. The second-order valence-electron chi connectivity index (χ2n) is 5.23. The van der Waals surface area contributed by atoms with Crippen LogP contribution in [0.15, 0.2) is 41.8 Å². The molecular formula is C15H21NO2S. The first-order valence-corrected chi connectivity index (χ1v) is 8.12. The van der Waals surface area contributed by atoms with E-state index < -0.39 is 10.0 Å². The van der Waals surface area contributed by atoms with Gasteiger partial charge in [-0.2, -0.15) is 4.31 Å². The molecule has 1 fully saturated rings. The first kappa shape index (κ1) is 14.3. The Morgan fingerprint density at radius 3 is 2.58 bits per heavy atom. The molecule has 0 aromatic heterocycles. The number of aryl methyl sites for hydroxylation is 1. The normalized spacial score (nSPS) is 22.3. The van der Waals surface area contributed by atoms with Crippen LogP contribution in [-0.4, -0.2) is 25.3 Å². The lowest BCUT2D eigenvalue weighted by atomic mass is 10.0. The van der Waals surface area contributed by atoms with Gasteiger partial charge in [-0.25, -0.2) is 8.42 Å². The van der Waals surface area contributed by atoms with Crippen LogP contribution in [0.5, 0.6) is 0 Å². The summed E-state index contributed by atoms with van der Waals surface area (Å²) in [4.78, 5) is 0.390. The maximum absolute atomic E-state index is 12.7. The van der Waals surface area contributed by atoms with Crippen molar-refractivity contribution in [2.24, 2.45) is 5.92 Å². The minimum atomic E-state index is -3.37. The molecule has 2 atom stereocenters. The Morgan fingerprint density at radius 1 is 1.37 bits per heavy atom. The molecule has 1 saturated heterocycles. The van der Waals surface area contributed by atoms with E-state index in [-0.39, 0.29) is 12.0 Å². The first-order valence-electron chi connectivity index (χ1n) is 6.68. The highest BCUT2D eigenvalue weighted by molar-refractivity contribution is 7.89. The summed E-state index contributed by atoms with van der Waals surface area (Å²) in [5.74, 6) is 0.183. The van der Waals surface area contributed by atoms with Crippen LogP contribution in [0, 0.1) is 12.8 Å². The zero-order valence-corrected chi connectivity index (χ0v) is 12.4. The summed E-state index contributed by atoms with van der Waals surface area (Å²) in [6, 6.07) is 7.12. The van der Waals surface area contributed by atoms with Gasteiger partial charge in [-0.05, 0) is 37.8 Å². The lowest BCUT2D eigenvalue weighted by Gasteiger charge is -2.27. The van der Waals surface area contributed by atoms with Crippen molar-refractivity contribution in [3.05, 3.63) is 42.5 Å². The third-order valence-corrected chi connectivity index (χ3v) is 5.79. The molecule has 0 aliphatic carbocycles. The van der Waals surface area contributed by atoms with Gasteiger partial charge >= 0.3 is 0 Å². The van der Waals surface area contributed by atoms with Gasteiger partial charge in [0.25, 0.3) is 0 Å². The number of sulfonamides is 1. The van der Waals surface area contributed by atoms with E-state index in [1.165, 1.54) is 0 Å². The molecule has 0 spiro atoms. The molecule has 2 rings (SSSR count). The summed E-state index contributed by atoms with van der Waals surface area (Å²) in [6.45, 7) is 8.38. The smallest absolute Gasteiger partial charge is 0.207 e. The second-order valence-corrected chi connectivity index (χ2v) is 7.12. The van der Waals surface area contributed by atoms with Crippen LogP contribution < -0.4 is 0 Å². The van der Waals surface area contributed by atoms with E-state index in [1.54, 1.807) is 16.4 Å². The summed E-state index contributed by atoms with van der Waals surface area (Å²) in [7, 11) is -3.37. The number of nitrogens with zero attached hydrogens (tertiary/aromatic N) is 1. The maximum atomic E-state index is 12.7. The molecule has 1 aliphatic rings. The molecule has 0 amide bonds. The van der Waals surface area contributed by atoms with Gasteiger partial charge in [-0.3, -0.25) is 0 Å². The van der Waals surface area contributed by atoms with E-state index in [9.17, 15) is 8.42 Å². The Kier molecular flexibility index (Phi) is 4.11. The van der Waals surface area contributed by atoms with Gasteiger partial charge in [-0.15, -0.1) is 6.58 Å². The molecule has 3 nitrogen and oxygen atoms in total. The van der Waals surface area contributed by atoms with Crippen molar-refractivity contribution in [3.63, 3.8) is 0 Å². The molecule has 1 aliphatic heterocycles. The predicted molar refractivity (Wildman–Crippen MR) is 77.5 cm³/mol. The summed E-state index contributed by atoms with van der Waals surface area (Å²) in [5.41, 5.74) is 1.07. The van der Waals surface area contributed by atoms with E-state index in [2.05, 4.69) is 6.58 Å². The van der Waals surface area contributed by atoms with Crippen molar-refractivity contribution in [1.82, 2.24) is 4.31 Å². The minimum Gasteiger partial charge on any atom is -0.207 e. The number of hydrogen-bond donors (Lipinski definition) is 0. The second kappa shape index (κ2) is 5.47. The van der Waals surface area contributed by atoms with E-state index in [1.807, 2.05) is 32.1 Å². The van der Waals surface area contributed by atoms with Crippen molar-refractivity contribution in [2.45, 2.75) is 37.6 Å². The van der Waals surface area contributed by atoms with Gasteiger partial charge < -0.3 is 0 Å². The average Bonchev–Trinajstić information content (AvgIpc) is 2.88. The molecule has 0 saturated carbocycles. The molecule has 4 heteroatoms. The Hall–Kier alpha value is -1.13. The van der Waals surface area contributed by atoms with E-state index in [0.717, 1.165) is 18.4 Å². The largest absolute Gasteiger partial charge is 0.243 e.